The Morgan fingerprint density at radius 1 is 1.12 bits per heavy atom. The van der Waals surface area contributed by atoms with E-state index in [-0.39, 0.29) is 5.56 Å². The van der Waals surface area contributed by atoms with E-state index in [1.165, 1.54) is 18.2 Å². The third-order valence-corrected chi connectivity index (χ3v) is 2.29. The Labute approximate surface area is 98.7 Å². The van der Waals surface area contributed by atoms with Crippen molar-refractivity contribution in [3.05, 3.63) is 65.5 Å². The fourth-order valence-electron chi connectivity index (χ4n) is 1.39. The molecule has 2 aromatic rings. The molecule has 0 N–H and O–H groups in total. The van der Waals surface area contributed by atoms with Gasteiger partial charge in [0, 0.05) is 0 Å². The zero-order chi connectivity index (χ0) is 12.3. The number of benzene rings is 2. The molecule has 0 saturated heterocycles. The van der Waals surface area contributed by atoms with E-state index in [2.05, 4.69) is 0 Å². The van der Waals surface area contributed by atoms with Crippen molar-refractivity contribution in [2.75, 3.05) is 0 Å². The van der Waals surface area contributed by atoms with Gasteiger partial charge in [0.2, 0.25) is 0 Å². The lowest BCUT2D eigenvalue weighted by atomic mass is 10.2. The van der Waals surface area contributed by atoms with E-state index >= 15 is 0 Å². The summed E-state index contributed by atoms with van der Waals surface area (Å²) in [6.45, 7) is 1.94. The van der Waals surface area contributed by atoms with Crippen molar-refractivity contribution in [3.63, 3.8) is 0 Å². The van der Waals surface area contributed by atoms with Gasteiger partial charge >= 0.3 is 5.97 Å². The molecule has 0 unspecified atom stereocenters. The summed E-state index contributed by atoms with van der Waals surface area (Å²) in [4.78, 5) is 11.7. The minimum atomic E-state index is -0.562. The number of ether oxygens (including phenoxy) is 1. The summed E-state index contributed by atoms with van der Waals surface area (Å²) in [5, 5.41) is 0. The largest absolute Gasteiger partial charge is 0.423 e. The van der Waals surface area contributed by atoms with Crippen LogP contribution in [-0.2, 0) is 0 Å². The summed E-state index contributed by atoms with van der Waals surface area (Å²) in [5.74, 6) is -0.568. The third-order valence-electron chi connectivity index (χ3n) is 2.29. The maximum atomic E-state index is 12.9. The van der Waals surface area contributed by atoms with Crippen molar-refractivity contribution in [1.82, 2.24) is 0 Å². The molecule has 0 heterocycles. The molecule has 0 aromatic heterocycles. The molecule has 3 heteroatoms. The molecule has 0 aliphatic carbocycles. The second-order valence-electron chi connectivity index (χ2n) is 3.71. The Hall–Kier alpha value is -2.16. The van der Waals surface area contributed by atoms with Crippen LogP contribution in [0.3, 0.4) is 0 Å². The van der Waals surface area contributed by atoms with E-state index < -0.39 is 11.8 Å². The second kappa shape index (κ2) is 4.78. The normalized spacial score (nSPS) is 10.0. The highest BCUT2D eigenvalue weighted by Crippen LogP contribution is 2.14. The highest BCUT2D eigenvalue weighted by atomic mass is 19.1. The molecule has 0 aliphatic rings. The molecular formula is C14H11FO2. The quantitative estimate of drug-likeness (QED) is 0.584. The summed E-state index contributed by atoms with van der Waals surface area (Å²) in [6.07, 6.45) is 0. The molecule has 0 atom stereocenters. The van der Waals surface area contributed by atoms with Gasteiger partial charge in [-0.1, -0.05) is 23.8 Å². The molecule has 2 aromatic carbocycles. The van der Waals surface area contributed by atoms with E-state index in [4.69, 9.17) is 4.74 Å². The first-order valence-corrected chi connectivity index (χ1v) is 5.19. The van der Waals surface area contributed by atoms with Crippen LogP contribution in [0, 0.1) is 12.7 Å². The van der Waals surface area contributed by atoms with E-state index in [0.29, 0.717) is 5.75 Å². The van der Waals surface area contributed by atoms with Crippen LogP contribution >= 0.6 is 0 Å². The molecule has 0 bridgehead atoms. The average Bonchev–Trinajstić information content (AvgIpc) is 2.32. The van der Waals surface area contributed by atoms with Crippen molar-refractivity contribution in [2.45, 2.75) is 6.92 Å². The Kier molecular flexibility index (Phi) is 3.19. The molecule has 2 rings (SSSR count). The van der Waals surface area contributed by atoms with Crippen LogP contribution in [0.5, 0.6) is 5.75 Å². The maximum absolute atomic E-state index is 12.9. The highest BCUT2D eigenvalue weighted by Gasteiger charge is 2.08. The molecule has 0 fully saturated rings. The van der Waals surface area contributed by atoms with Crippen LogP contribution < -0.4 is 4.74 Å². The van der Waals surface area contributed by atoms with Crippen LogP contribution in [0.15, 0.2) is 48.5 Å². The maximum Gasteiger partial charge on any atom is 0.343 e. The first-order chi connectivity index (χ1) is 8.15. The Bertz CT molecular complexity index is 532. The van der Waals surface area contributed by atoms with Gasteiger partial charge in [-0.2, -0.15) is 0 Å². The first kappa shape index (κ1) is 11.3. The van der Waals surface area contributed by atoms with Crippen molar-refractivity contribution in [3.8, 4) is 5.75 Å². The molecule has 86 valence electrons. The number of hydrogen-bond acceptors (Lipinski definition) is 2. The van der Waals surface area contributed by atoms with Gasteiger partial charge in [0.1, 0.15) is 11.6 Å². The van der Waals surface area contributed by atoms with E-state index in [0.717, 1.165) is 11.6 Å². The molecule has 0 amide bonds. The number of halogens is 1. The molecule has 0 aliphatic heterocycles. The topological polar surface area (TPSA) is 26.3 Å². The number of carbonyl (C=O) groups excluding carboxylic acids is 1. The van der Waals surface area contributed by atoms with Gasteiger partial charge < -0.3 is 4.74 Å². The SMILES string of the molecule is Cc1ccc(OC(=O)c2cccc(F)c2)cc1. The van der Waals surface area contributed by atoms with Gasteiger partial charge in [0.15, 0.2) is 0 Å². The smallest absolute Gasteiger partial charge is 0.343 e. The van der Waals surface area contributed by atoms with Gasteiger partial charge in [-0.15, -0.1) is 0 Å². The zero-order valence-electron chi connectivity index (χ0n) is 9.31. The Balaban J connectivity index is 2.14. The van der Waals surface area contributed by atoms with E-state index in [9.17, 15) is 9.18 Å². The van der Waals surface area contributed by atoms with Gasteiger partial charge in [-0.3, -0.25) is 0 Å². The first-order valence-electron chi connectivity index (χ1n) is 5.19. The lowest BCUT2D eigenvalue weighted by Crippen LogP contribution is -2.08. The summed E-state index contributed by atoms with van der Waals surface area (Å²) in [5.41, 5.74) is 1.28. The molecule has 17 heavy (non-hydrogen) atoms. The number of aryl methyl sites for hydroxylation is 1. The zero-order valence-corrected chi connectivity index (χ0v) is 9.31. The lowest BCUT2D eigenvalue weighted by Gasteiger charge is -2.04. The summed E-state index contributed by atoms with van der Waals surface area (Å²) < 4.78 is 18.0. The summed E-state index contributed by atoms with van der Waals surface area (Å²) >= 11 is 0. The number of esters is 1. The third kappa shape index (κ3) is 2.91. The van der Waals surface area contributed by atoms with Gasteiger partial charge in [0.05, 0.1) is 5.56 Å². The lowest BCUT2D eigenvalue weighted by molar-refractivity contribution is 0.0734. The van der Waals surface area contributed by atoms with Crippen LogP contribution in [-0.4, -0.2) is 5.97 Å². The van der Waals surface area contributed by atoms with Crippen LogP contribution in [0.25, 0.3) is 0 Å². The van der Waals surface area contributed by atoms with Gasteiger partial charge in [0.25, 0.3) is 0 Å². The minimum absolute atomic E-state index is 0.200. The molecule has 0 radical (unpaired) electrons. The minimum Gasteiger partial charge on any atom is -0.423 e. The van der Waals surface area contributed by atoms with E-state index in [1.54, 1.807) is 12.1 Å². The number of rotatable bonds is 2. The standard InChI is InChI=1S/C14H11FO2/c1-10-5-7-13(8-6-10)17-14(16)11-3-2-4-12(15)9-11/h2-9H,1H3. The van der Waals surface area contributed by atoms with Crippen LogP contribution in [0.4, 0.5) is 4.39 Å². The highest BCUT2D eigenvalue weighted by molar-refractivity contribution is 5.90. The van der Waals surface area contributed by atoms with Crippen LogP contribution in [0.1, 0.15) is 15.9 Å². The predicted octanol–water partition coefficient (Wildman–Crippen LogP) is 3.35. The number of carbonyl (C=O) groups is 1. The molecule has 2 nitrogen and oxygen atoms in total. The fourth-order valence-corrected chi connectivity index (χ4v) is 1.39. The molecular weight excluding hydrogens is 219 g/mol. The van der Waals surface area contributed by atoms with Crippen LogP contribution in [0.2, 0.25) is 0 Å². The molecule has 0 saturated carbocycles. The summed E-state index contributed by atoms with van der Waals surface area (Å²) in [7, 11) is 0. The fraction of sp³-hybridized carbons (Fsp3) is 0.0714. The Morgan fingerprint density at radius 3 is 2.47 bits per heavy atom. The summed E-state index contributed by atoms with van der Waals surface area (Å²) in [6, 6.07) is 12.5. The number of hydrogen-bond donors (Lipinski definition) is 0. The Morgan fingerprint density at radius 2 is 1.82 bits per heavy atom. The molecule has 0 spiro atoms. The average molecular weight is 230 g/mol. The van der Waals surface area contributed by atoms with Crippen molar-refractivity contribution in [2.24, 2.45) is 0 Å². The van der Waals surface area contributed by atoms with Crippen molar-refractivity contribution < 1.29 is 13.9 Å². The van der Waals surface area contributed by atoms with E-state index in [1.807, 2.05) is 19.1 Å². The van der Waals surface area contributed by atoms with Gasteiger partial charge in [-0.25, -0.2) is 9.18 Å². The van der Waals surface area contributed by atoms with Gasteiger partial charge in [-0.05, 0) is 37.3 Å². The predicted molar refractivity (Wildman–Crippen MR) is 62.5 cm³/mol. The van der Waals surface area contributed by atoms with Crippen molar-refractivity contribution >= 4 is 5.97 Å². The monoisotopic (exact) mass is 230 g/mol. The second-order valence-corrected chi connectivity index (χ2v) is 3.71. The van der Waals surface area contributed by atoms with Crippen molar-refractivity contribution in [1.29, 1.82) is 0 Å².